The normalized spacial score (nSPS) is 17.7. The summed E-state index contributed by atoms with van der Waals surface area (Å²) in [6.07, 6.45) is 4.29. The first-order chi connectivity index (χ1) is 14.5. The third-order valence-corrected chi connectivity index (χ3v) is 6.90. The van der Waals surface area contributed by atoms with Gasteiger partial charge in [-0.2, -0.15) is 0 Å². The van der Waals surface area contributed by atoms with Gasteiger partial charge in [0.2, 0.25) is 5.78 Å². The molecule has 0 saturated heterocycles. The third-order valence-electron chi connectivity index (χ3n) is 6.59. The Balaban J connectivity index is 1.80. The summed E-state index contributed by atoms with van der Waals surface area (Å²) in [6.45, 7) is 4.97. The summed E-state index contributed by atoms with van der Waals surface area (Å²) in [4.78, 5) is 18.5. The molecule has 5 rings (SSSR count). The van der Waals surface area contributed by atoms with E-state index in [1.807, 2.05) is 28.8 Å². The molecule has 0 unspecified atom stereocenters. The van der Waals surface area contributed by atoms with Crippen LogP contribution in [0.5, 0.6) is 0 Å². The van der Waals surface area contributed by atoms with E-state index in [2.05, 4.69) is 53.6 Å². The fraction of sp³-hybridized carbons (Fsp3) is 0.280. The van der Waals surface area contributed by atoms with Crippen LogP contribution in [-0.4, -0.2) is 14.0 Å². The van der Waals surface area contributed by atoms with Crippen molar-refractivity contribution in [3.8, 4) is 11.3 Å². The molecule has 0 saturated carbocycles. The molecule has 30 heavy (non-hydrogen) atoms. The lowest BCUT2D eigenvalue weighted by atomic mass is 9.69. The van der Waals surface area contributed by atoms with E-state index >= 15 is 0 Å². The van der Waals surface area contributed by atoms with Gasteiger partial charge in [-0.1, -0.05) is 68.4 Å². The van der Waals surface area contributed by atoms with Gasteiger partial charge in [0.25, 0.3) is 5.56 Å². The van der Waals surface area contributed by atoms with Gasteiger partial charge in [0, 0.05) is 23.1 Å². The second kappa shape index (κ2) is 7.17. The van der Waals surface area contributed by atoms with Crippen molar-refractivity contribution in [3.05, 3.63) is 87.8 Å². The van der Waals surface area contributed by atoms with Crippen LogP contribution in [0.3, 0.4) is 0 Å². The van der Waals surface area contributed by atoms with Crippen molar-refractivity contribution in [2.45, 2.75) is 50.1 Å². The summed E-state index contributed by atoms with van der Waals surface area (Å²) in [7, 11) is 0. The molecule has 0 radical (unpaired) electrons. The zero-order valence-electron chi connectivity index (χ0n) is 17.3. The number of aryl methyl sites for hydroxylation is 2. The van der Waals surface area contributed by atoms with Gasteiger partial charge in [0.15, 0.2) is 0 Å². The van der Waals surface area contributed by atoms with Crippen LogP contribution >= 0.6 is 12.6 Å². The summed E-state index contributed by atoms with van der Waals surface area (Å²) in [5.74, 6) is 0.662. The first kappa shape index (κ1) is 19.2. The van der Waals surface area contributed by atoms with Crippen LogP contribution in [0.1, 0.15) is 37.0 Å². The predicted octanol–water partition coefficient (Wildman–Crippen LogP) is 4.92. The molecule has 2 aromatic heterocycles. The number of benzene rings is 2. The minimum atomic E-state index is -0.228. The number of nitrogens with zero attached hydrogens (tertiary/aromatic N) is 3. The monoisotopic (exact) mass is 415 g/mol. The molecule has 152 valence electrons. The lowest BCUT2D eigenvalue weighted by molar-refractivity contribution is 0.433. The largest absolute Gasteiger partial charge is 0.278 e. The van der Waals surface area contributed by atoms with E-state index in [0.717, 1.165) is 41.1 Å². The van der Waals surface area contributed by atoms with E-state index in [1.165, 1.54) is 11.1 Å². The zero-order valence-corrected chi connectivity index (χ0v) is 18.2. The highest BCUT2D eigenvalue weighted by atomic mass is 32.1. The van der Waals surface area contributed by atoms with E-state index in [9.17, 15) is 4.79 Å². The topological polar surface area (TPSA) is 39.3 Å². The molecule has 4 nitrogen and oxygen atoms in total. The average molecular weight is 416 g/mol. The molecule has 2 heterocycles. The van der Waals surface area contributed by atoms with Gasteiger partial charge < -0.3 is 0 Å². The maximum atomic E-state index is 13.9. The molecule has 2 aromatic carbocycles. The van der Waals surface area contributed by atoms with Crippen molar-refractivity contribution in [3.63, 3.8) is 0 Å². The Bertz CT molecular complexity index is 1310. The zero-order chi connectivity index (χ0) is 20.9. The number of hydrogen-bond acceptors (Lipinski definition) is 3. The number of aromatic nitrogens is 3. The van der Waals surface area contributed by atoms with Gasteiger partial charge in [-0.25, -0.2) is 4.98 Å². The lowest BCUT2D eigenvalue weighted by Crippen LogP contribution is -2.40. The van der Waals surface area contributed by atoms with Crippen molar-refractivity contribution < 1.29 is 0 Å². The highest BCUT2D eigenvalue weighted by molar-refractivity contribution is 7.80. The van der Waals surface area contributed by atoms with Crippen molar-refractivity contribution >= 4 is 18.4 Å². The summed E-state index contributed by atoms with van der Waals surface area (Å²) in [5, 5.41) is 0.755. The molecule has 4 aromatic rings. The van der Waals surface area contributed by atoms with Gasteiger partial charge in [-0.15, -0.1) is 12.6 Å². The van der Waals surface area contributed by atoms with E-state index in [-0.39, 0.29) is 11.0 Å². The molecule has 1 atom stereocenters. The lowest BCUT2D eigenvalue weighted by Gasteiger charge is -2.36. The Labute approximate surface area is 181 Å². The SMILES string of the molecule is CC[C@]1(C)Cc2ccccc2-c2c1c(=O)n(CCc1ccccc1)c1ncc(S)n21. The maximum absolute atomic E-state index is 13.9. The van der Waals surface area contributed by atoms with Crippen LogP contribution in [0.25, 0.3) is 17.0 Å². The van der Waals surface area contributed by atoms with E-state index in [0.29, 0.717) is 12.3 Å². The fourth-order valence-corrected chi connectivity index (χ4v) is 5.03. The predicted molar refractivity (Wildman–Crippen MR) is 124 cm³/mol. The standard InChI is InChI=1S/C25H25N3OS/c1-3-25(2)15-18-11-7-8-12-19(18)22-21(25)23(29)27(24-26-16-20(30)28(22)24)14-13-17-9-5-4-6-10-17/h4-12,16,30H,3,13-15H2,1-2H3/t25-/m1/s1. The van der Waals surface area contributed by atoms with Crippen LogP contribution in [0.15, 0.2) is 70.6 Å². The van der Waals surface area contributed by atoms with Gasteiger partial charge >= 0.3 is 0 Å². The van der Waals surface area contributed by atoms with Gasteiger partial charge in [0.1, 0.15) is 0 Å². The Hall–Kier alpha value is -2.79. The Morgan fingerprint density at radius 3 is 2.60 bits per heavy atom. The molecule has 0 N–H and O–H groups in total. The molecule has 0 fully saturated rings. The maximum Gasteiger partial charge on any atom is 0.259 e. The Morgan fingerprint density at radius 1 is 1.10 bits per heavy atom. The average Bonchev–Trinajstić information content (AvgIpc) is 3.15. The molecule has 0 amide bonds. The number of rotatable bonds is 4. The minimum absolute atomic E-state index is 0.0752. The molecule has 5 heteroatoms. The summed E-state index contributed by atoms with van der Waals surface area (Å²) in [5.41, 5.74) is 5.29. The van der Waals surface area contributed by atoms with Crippen molar-refractivity contribution in [2.75, 3.05) is 0 Å². The summed E-state index contributed by atoms with van der Waals surface area (Å²) >= 11 is 4.72. The molecule has 0 spiro atoms. The quantitative estimate of drug-likeness (QED) is 0.481. The van der Waals surface area contributed by atoms with Crippen LogP contribution in [0.4, 0.5) is 0 Å². The van der Waals surface area contributed by atoms with E-state index in [1.54, 1.807) is 6.20 Å². The first-order valence-corrected chi connectivity index (χ1v) is 10.9. The number of fused-ring (bicyclic) bond motifs is 5. The number of imidazole rings is 1. The second-order valence-electron chi connectivity index (χ2n) is 8.42. The molecule has 1 aliphatic carbocycles. The molecular formula is C25H25N3OS. The molecule has 1 aliphatic rings. The second-order valence-corrected chi connectivity index (χ2v) is 8.87. The van der Waals surface area contributed by atoms with Crippen molar-refractivity contribution in [1.29, 1.82) is 0 Å². The molecule has 0 bridgehead atoms. The van der Waals surface area contributed by atoms with Crippen LogP contribution < -0.4 is 5.56 Å². The van der Waals surface area contributed by atoms with E-state index < -0.39 is 0 Å². The van der Waals surface area contributed by atoms with Crippen LogP contribution in [0, 0.1) is 0 Å². The first-order valence-electron chi connectivity index (χ1n) is 10.5. The molecular weight excluding hydrogens is 390 g/mol. The Kier molecular flexibility index (Phi) is 4.58. The van der Waals surface area contributed by atoms with Crippen molar-refractivity contribution in [1.82, 2.24) is 14.0 Å². The van der Waals surface area contributed by atoms with Crippen LogP contribution in [-0.2, 0) is 24.8 Å². The fourth-order valence-electron chi connectivity index (χ4n) is 4.78. The van der Waals surface area contributed by atoms with Gasteiger partial charge in [-0.3, -0.25) is 13.8 Å². The minimum Gasteiger partial charge on any atom is -0.278 e. The smallest absolute Gasteiger partial charge is 0.259 e. The third kappa shape index (κ3) is 2.83. The highest BCUT2D eigenvalue weighted by Gasteiger charge is 2.38. The van der Waals surface area contributed by atoms with Crippen LogP contribution in [0.2, 0.25) is 0 Å². The van der Waals surface area contributed by atoms with Gasteiger partial charge in [0.05, 0.1) is 16.9 Å². The molecule has 0 aliphatic heterocycles. The highest BCUT2D eigenvalue weighted by Crippen LogP contribution is 2.43. The summed E-state index contributed by atoms with van der Waals surface area (Å²) in [6, 6.07) is 18.7. The number of thiol groups is 1. The van der Waals surface area contributed by atoms with E-state index in [4.69, 9.17) is 12.6 Å². The summed E-state index contributed by atoms with van der Waals surface area (Å²) < 4.78 is 3.91. The Morgan fingerprint density at radius 2 is 1.83 bits per heavy atom. The van der Waals surface area contributed by atoms with Crippen molar-refractivity contribution in [2.24, 2.45) is 0 Å². The number of hydrogen-bond donors (Lipinski definition) is 1. The van der Waals surface area contributed by atoms with Gasteiger partial charge in [-0.05, 0) is 30.4 Å².